The maximum atomic E-state index is 13.0. The van der Waals surface area contributed by atoms with Gasteiger partial charge in [0.05, 0.1) is 7.11 Å². The zero-order valence-corrected chi connectivity index (χ0v) is 11.5. The molecule has 100 valence electrons. The highest BCUT2D eigenvalue weighted by Crippen LogP contribution is 2.28. The lowest BCUT2D eigenvalue weighted by Crippen LogP contribution is -2.04. The second-order valence-electron chi connectivity index (χ2n) is 3.94. The second kappa shape index (κ2) is 7.04. The molecule has 0 aliphatic rings. The first-order chi connectivity index (χ1) is 9.29. The molecule has 2 nitrogen and oxygen atoms in total. The quantitative estimate of drug-likeness (QED) is 0.636. The first-order valence-corrected chi connectivity index (χ1v) is 7.03. The Hall–Kier alpha value is -1.68. The minimum Gasteiger partial charge on any atom is -0.496 e. The minimum atomic E-state index is -0.220. The molecule has 2 rings (SSSR count). The summed E-state index contributed by atoms with van der Waals surface area (Å²) < 4.78 is 18.3. The van der Waals surface area contributed by atoms with E-state index in [0.717, 1.165) is 28.6 Å². The number of anilines is 1. The Kier molecular flexibility index (Phi) is 5.10. The maximum absolute atomic E-state index is 13.0. The van der Waals surface area contributed by atoms with Crippen LogP contribution in [0.25, 0.3) is 0 Å². The van der Waals surface area contributed by atoms with Crippen LogP contribution in [0.5, 0.6) is 5.75 Å². The number of para-hydroxylation sites is 1. The van der Waals surface area contributed by atoms with Crippen LogP contribution in [0.2, 0.25) is 0 Å². The van der Waals surface area contributed by atoms with Crippen molar-refractivity contribution in [1.82, 2.24) is 0 Å². The molecule has 19 heavy (non-hydrogen) atoms. The van der Waals surface area contributed by atoms with Gasteiger partial charge in [0, 0.05) is 22.9 Å². The van der Waals surface area contributed by atoms with Crippen LogP contribution in [0, 0.1) is 5.82 Å². The molecule has 0 aliphatic heterocycles. The van der Waals surface area contributed by atoms with Crippen LogP contribution >= 0.6 is 11.8 Å². The summed E-state index contributed by atoms with van der Waals surface area (Å²) in [5, 5.41) is 3.19. The number of methoxy groups -OCH3 is 1. The molecule has 0 spiro atoms. The topological polar surface area (TPSA) is 21.3 Å². The SMILES string of the molecule is COc1ccccc1SCCNc1cccc(F)c1. The minimum absolute atomic E-state index is 0.220. The van der Waals surface area contributed by atoms with E-state index in [0.29, 0.717) is 0 Å². The van der Waals surface area contributed by atoms with E-state index in [1.807, 2.05) is 30.3 Å². The molecule has 0 aromatic heterocycles. The predicted octanol–water partition coefficient (Wildman–Crippen LogP) is 4.04. The fraction of sp³-hybridized carbons (Fsp3) is 0.200. The molecule has 0 bridgehead atoms. The van der Waals surface area contributed by atoms with Crippen molar-refractivity contribution >= 4 is 17.4 Å². The largest absolute Gasteiger partial charge is 0.496 e. The molecule has 0 heterocycles. The molecule has 2 aromatic carbocycles. The molecule has 1 N–H and O–H groups in total. The fourth-order valence-electron chi connectivity index (χ4n) is 1.69. The number of rotatable bonds is 6. The van der Waals surface area contributed by atoms with Crippen molar-refractivity contribution in [3.8, 4) is 5.75 Å². The van der Waals surface area contributed by atoms with Gasteiger partial charge in [-0.05, 0) is 30.3 Å². The average Bonchev–Trinajstić information content (AvgIpc) is 2.44. The summed E-state index contributed by atoms with van der Waals surface area (Å²) in [4.78, 5) is 1.12. The zero-order chi connectivity index (χ0) is 13.5. The summed E-state index contributed by atoms with van der Waals surface area (Å²) in [6.07, 6.45) is 0. The molecule has 0 aliphatic carbocycles. The number of ether oxygens (including phenoxy) is 1. The molecular formula is C15H16FNOS. The van der Waals surface area contributed by atoms with Crippen molar-refractivity contribution in [1.29, 1.82) is 0 Å². The van der Waals surface area contributed by atoms with E-state index >= 15 is 0 Å². The number of hydrogen-bond acceptors (Lipinski definition) is 3. The van der Waals surface area contributed by atoms with Gasteiger partial charge in [-0.2, -0.15) is 0 Å². The Morgan fingerprint density at radius 2 is 2.00 bits per heavy atom. The van der Waals surface area contributed by atoms with Gasteiger partial charge in [-0.15, -0.1) is 11.8 Å². The van der Waals surface area contributed by atoms with Crippen molar-refractivity contribution in [2.75, 3.05) is 24.7 Å². The van der Waals surface area contributed by atoms with Gasteiger partial charge in [-0.3, -0.25) is 0 Å². The van der Waals surface area contributed by atoms with E-state index in [2.05, 4.69) is 5.32 Å². The van der Waals surface area contributed by atoms with Gasteiger partial charge in [0.2, 0.25) is 0 Å². The van der Waals surface area contributed by atoms with Crippen LogP contribution in [0.15, 0.2) is 53.4 Å². The van der Waals surface area contributed by atoms with Gasteiger partial charge in [0.25, 0.3) is 0 Å². The molecule has 4 heteroatoms. The summed E-state index contributed by atoms with van der Waals surface area (Å²) in [7, 11) is 1.67. The third kappa shape index (κ3) is 4.17. The molecule has 0 unspecified atom stereocenters. The van der Waals surface area contributed by atoms with Crippen molar-refractivity contribution in [3.05, 3.63) is 54.3 Å². The average molecular weight is 277 g/mol. The van der Waals surface area contributed by atoms with Crippen LogP contribution in [-0.4, -0.2) is 19.4 Å². The summed E-state index contributed by atoms with van der Waals surface area (Å²) >= 11 is 1.71. The first-order valence-electron chi connectivity index (χ1n) is 6.05. The predicted molar refractivity (Wildman–Crippen MR) is 78.6 cm³/mol. The number of benzene rings is 2. The highest BCUT2D eigenvalue weighted by atomic mass is 32.2. The van der Waals surface area contributed by atoms with Crippen LogP contribution in [0.1, 0.15) is 0 Å². The second-order valence-corrected chi connectivity index (χ2v) is 5.07. The third-order valence-electron chi connectivity index (χ3n) is 2.58. The summed E-state index contributed by atoms with van der Waals surface area (Å²) in [5.74, 6) is 1.55. The van der Waals surface area contributed by atoms with Gasteiger partial charge in [-0.25, -0.2) is 4.39 Å². The summed E-state index contributed by atoms with van der Waals surface area (Å²) in [6.45, 7) is 0.770. The Morgan fingerprint density at radius 1 is 1.16 bits per heavy atom. The van der Waals surface area contributed by atoms with E-state index in [9.17, 15) is 4.39 Å². The molecule has 0 radical (unpaired) electrons. The molecule has 2 aromatic rings. The van der Waals surface area contributed by atoms with E-state index in [1.54, 1.807) is 24.9 Å². The van der Waals surface area contributed by atoms with Gasteiger partial charge >= 0.3 is 0 Å². The van der Waals surface area contributed by atoms with Gasteiger partial charge in [0.15, 0.2) is 0 Å². The highest BCUT2D eigenvalue weighted by molar-refractivity contribution is 7.99. The fourth-order valence-corrected chi connectivity index (χ4v) is 2.59. The normalized spacial score (nSPS) is 10.2. The van der Waals surface area contributed by atoms with Crippen LogP contribution in [0.4, 0.5) is 10.1 Å². The lowest BCUT2D eigenvalue weighted by atomic mass is 10.3. The molecule has 0 saturated heterocycles. The van der Waals surface area contributed by atoms with E-state index in [4.69, 9.17) is 4.74 Å². The van der Waals surface area contributed by atoms with Crippen LogP contribution < -0.4 is 10.1 Å². The number of thioether (sulfide) groups is 1. The van der Waals surface area contributed by atoms with Crippen LogP contribution in [0.3, 0.4) is 0 Å². The number of halogens is 1. The summed E-state index contributed by atoms with van der Waals surface area (Å²) in [5.41, 5.74) is 0.806. The first kappa shape index (κ1) is 13.7. The zero-order valence-electron chi connectivity index (χ0n) is 10.7. The Labute approximate surface area is 117 Å². The van der Waals surface area contributed by atoms with Crippen molar-refractivity contribution in [3.63, 3.8) is 0 Å². The standard InChI is InChI=1S/C15H16FNOS/c1-18-14-7-2-3-8-15(14)19-10-9-17-13-6-4-5-12(16)11-13/h2-8,11,17H,9-10H2,1H3. The van der Waals surface area contributed by atoms with E-state index < -0.39 is 0 Å². The monoisotopic (exact) mass is 277 g/mol. The lowest BCUT2D eigenvalue weighted by molar-refractivity contribution is 0.405. The van der Waals surface area contributed by atoms with Gasteiger partial charge < -0.3 is 10.1 Å². The Bertz CT molecular complexity index is 533. The molecule has 0 fully saturated rings. The van der Waals surface area contributed by atoms with Crippen LogP contribution in [-0.2, 0) is 0 Å². The highest BCUT2D eigenvalue weighted by Gasteiger charge is 2.01. The number of nitrogens with one attached hydrogen (secondary N) is 1. The lowest BCUT2D eigenvalue weighted by Gasteiger charge is -2.09. The molecular weight excluding hydrogens is 261 g/mol. The Morgan fingerprint density at radius 3 is 2.79 bits per heavy atom. The van der Waals surface area contributed by atoms with Crippen molar-refractivity contribution in [2.45, 2.75) is 4.90 Å². The van der Waals surface area contributed by atoms with E-state index in [-0.39, 0.29) is 5.82 Å². The number of hydrogen-bond donors (Lipinski definition) is 1. The third-order valence-corrected chi connectivity index (χ3v) is 3.64. The molecule has 0 amide bonds. The Balaban J connectivity index is 1.81. The van der Waals surface area contributed by atoms with Gasteiger partial charge in [-0.1, -0.05) is 18.2 Å². The smallest absolute Gasteiger partial charge is 0.132 e. The van der Waals surface area contributed by atoms with E-state index in [1.165, 1.54) is 12.1 Å². The van der Waals surface area contributed by atoms with Crippen molar-refractivity contribution in [2.24, 2.45) is 0 Å². The summed E-state index contributed by atoms with van der Waals surface area (Å²) in [6, 6.07) is 14.4. The van der Waals surface area contributed by atoms with Gasteiger partial charge in [0.1, 0.15) is 11.6 Å². The molecule has 0 saturated carbocycles. The molecule has 0 atom stereocenters. The van der Waals surface area contributed by atoms with Crippen molar-refractivity contribution < 1.29 is 9.13 Å². The maximum Gasteiger partial charge on any atom is 0.132 e.